The molecule has 2 aromatic heterocycles. The molecule has 0 aliphatic rings. The molecule has 0 fully saturated rings. The van der Waals surface area contributed by atoms with Crippen molar-refractivity contribution >= 4 is 32.5 Å². The van der Waals surface area contributed by atoms with E-state index in [4.69, 9.17) is 4.74 Å². The van der Waals surface area contributed by atoms with Crippen LogP contribution in [0.1, 0.15) is 23.9 Å². The minimum atomic E-state index is -3.84. The van der Waals surface area contributed by atoms with Gasteiger partial charge in [0.25, 0.3) is 10.0 Å². The third-order valence-corrected chi connectivity index (χ3v) is 6.16. The second-order valence-electron chi connectivity index (χ2n) is 5.99. The number of hydrogen-bond acceptors (Lipinski definition) is 7. The Hall–Kier alpha value is -2.72. The van der Waals surface area contributed by atoms with Crippen molar-refractivity contribution < 1.29 is 17.9 Å². The van der Waals surface area contributed by atoms with E-state index in [0.717, 1.165) is 16.9 Å². The van der Waals surface area contributed by atoms with Gasteiger partial charge in [0.1, 0.15) is 4.90 Å². The van der Waals surface area contributed by atoms with Crippen molar-refractivity contribution in [3.63, 3.8) is 0 Å². The van der Waals surface area contributed by atoms with Crippen molar-refractivity contribution in [3.05, 3.63) is 58.9 Å². The summed E-state index contributed by atoms with van der Waals surface area (Å²) in [6, 6.07) is 9.65. The number of carbonyl (C=O) groups excluding carboxylic acids is 1. The van der Waals surface area contributed by atoms with E-state index in [1.54, 1.807) is 23.9 Å². The Kier molecular flexibility index (Phi) is 6.10. The molecule has 1 aromatic carbocycles. The number of carbonyl (C=O) groups is 1. The fraction of sp³-hybridized carbons (Fsp3) is 0.278. The quantitative estimate of drug-likeness (QED) is 0.562. The molecule has 0 unspecified atom stereocenters. The Morgan fingerprint density at radius 3 is 2.75 bits per heavy atom. The van der Waals surface area contributed by atoms with Crippen molar-refractivity contribution in [1.82, 2.24) is 14.8 Å². The van der Waals surface area contributed by atoms with Crippen LogP contribution in [0.4, 0.5) is 5.13 Å². The van der Waals surface area contributed by atoms with E-state index in [1.807, 2.05) is 30.3 Å². The molecule has 0 aliphatic carbocycles. The zero-order valence-corrected chi connectivity index (χ0v) is 17.1. The number of sulfonamides is 1. The molecule has 0 radical (unpaired) electrons. The van der Waals surface area contributed by atoms with Crippen LogP contribution >= 0.6 is 11.3 Å². The van der Waals surface area contributed by atoms with Crippen LogP contribution < -0.4 is 4.72 Å². The van der Waals surface area contributed by atoms with Crippen LogP contribution in [0.2, 0.25) is 0 Å². The number of rotatable bonds is 8. The van der Waals surface area contributed by atoms with Crippen LogP contribution in [0.3, 0.4) is 0 Å². The Labute approximate surface area is 167 Å². The smallest absolute Gasteiger partial charge is 0.311 e. The van der Waals surface area contributed by atoms with Crippen molar-refractivity contribution in [1.29, 1.82) is 0 Å². The second-order valence-corrected chi connectivity index (χ2v) is 8.50. The minimum absolute atomic E-state index is 0.000103. The van der Waals surface area contributed by atoms with Crippen LogP contribution in [0, 0.1) is 6.92 Å². The minimum Gasteiger partial charge on any atom is -0.466 e. The van der Waals surface area contributed by atoms with Gasteiger partial charge in [0, 0.05) is 11.6 Å². The average molecular weight is 421 g/mol. The number of thiazole rings is 1. The molecule has 0 atom stereocenters. The topological polar surface area (TPSA) is 103 Å². The Bertz CT molecular complexity index is 1060. The van der Waals surface area contributed by atoms with Gasteiger partial charge in [-0.05, 0) is 19.4 Å². The maximum Gasteiger partial charge on any atom is 0.311 e. The van der Waals surface area contributed by atoms with Gasteiger partial charge in [-0.2, -0.15) is 5.10 Å². The van der Waals surface area contributed by atoms with Gasteiger partial charge in [0.15, 0.2) is 5.13 Å². The third kappa shape index (κ3) is 4.96. The summed E-state index contributed by atoms with van der Waals surface area (Å²) >= 11 is 1.11. The first-order valence-electron chi connectivity index (χ1n) is 8.58. The Balaban J connectivity index is 1.73. The van der Waals surface area contributed by atoms with Gasteiger partial charge in [0.05, 0.1) is 31.0 Å². The van der Waals surface area contributed by atoms with Gasteiger partial charge in [-0.1, -0.05) is 30.3 Å². The molecule has 148 valence electrons. The number of hydrogen-bond donors (Lipinski definition) is 1. The summed E-state index contributed by atoms with van der Waals surface area (Å²) in [7, 11) is -3.84. The first-order valence-corrected chi connectivity index (χ1v) is 10.9. The number of anilines is 1. The highest BCUT2D eigenvalue weighted by Crippen LogP contribution is 2.22. The molecule has 2 heterocycles. The molecule has 0 bridgehead atoms. The van der Waals surface area contributed by atoms with Crippen LogP contribution in [0.5, 0.6) is 0 Å². The molecular weight excluding hydrogens is 400 g/mol. The van der Waals surface area contributed by atoms with Crippen molar-refractivity contribution in [2.45, 2.75) is 31.7 Å². The summed E-state index contributed by atoms with van der Waals surface area (Å²) in [6.45, 7) is 4.12. The largest absolute Gasteiger partial charge is 0.466 e. The first kappa shape index (κ1) is 20.0. The maximum atomic E-state index is 12.7. The zero-order valence-electron chi connectivity index (χ0n) is 15.5. The molecule has 3 rings (SSSR count). The fourth-order valence-corrected chi connectivity index (χ4v) is 4.73. The lowest BCUT2D eigenvalue weighted by Crippen LogP contribution is -2.13. The average Bonchev–Trinajstić information content (AvgIpc) is 3.22. The van der Waals surface area contributed by atoms with Crippen LogP contribution in [0.25, 0.3) is 0 Å². The highest BCUT2D eigenvalue weighted by molar-refractivity contribution is 7.93. The molecule has 0 spiro atoms. The molecule has 0 saturated heterocycles. The molecule has 1 N–H and O–H groups in total. The molecule has 3 aromatic rings. The fourth-order valence-electron chi connectivity index (χ4n) is 2.58. The molecule has 0 saturated carbocycles. The van der Waals surface area contributed by atoms with E-state index in [0.29, 0.717) is 17.9 Å². The van der Waals surface area contributed by atoms with Gasteiger partial charge in [-0.15, -0.1) is 11.3 Å². The number of nitrogens with zero attached hydrogens (tertiary/aromatic N) is 3. The predicted molar refractivity (Wildman–Crippen MR) is 106 cm³/mol. The monoisotopic (exact) mass is 420 g/mol. The molecule has 0 aliphatic heterocycles. The van der Waals surface area contributed by atoms with E-state index < -0.39 is 16.0 Å². The number of aryl methyl sites for hydroxylation is 1. The maximum absolute atomic E-state index is 12.7. The summed E-state index contributed by atoms with van der Waals surface area (Å²) in [6.07, 6.45) is 1.50. The van der Waals surface area contributed by atoms with E-state index in [-0.39, 0.29) is 23.1 Å². The van der Waals surface area contributed by atoms with E-state index >= 15 is 0 Å². The number of aromatic nitrogens is 3. The van der Waals surface area contributed by atoms with Gasteiger partial charge in [-0.25, -0.2) is 13.4 Å². The van der Waals surface area contributed by atoms with Crippen molar-refractivity contribution in [3.8, 4) is 0 Å². The van der Waals surface area contributed by atoms with E-state index in [1.165, 1.54) is 6.20 Å². The van der Waals surface area contributed by atoms with Gasteiger partial charge in [0.2, 0.25) is 0 Å². The lowest BCUT2D eigenvalue weighted by Gasteiger charge is -2.03. The van der Waals surface area contributed by atoms with Gasteiger partial charge in [-0.3, -0.25) is 14.2 Å². The first-order chi connectivity index (χ1) is 13.4. The van der Waals surface area contributed by atoms with Crippen molar-refractivity contribution in [2.24, 2.45) is 0 Å². The highest BCUT2D eigenvalue weighted by atomic mass is 32.2. The summed E-state index contributed by atoms with van der Waals surface area (Å²) in [5, 5.41) is 6.11. The van der Waals surface area contributed by atoms with Crippen LogP contribution in [-0.2, 0) is 32.5 Å². The lowest BCUT2D eigenvalue weighted by molar-refractivity contribution is -0.142. The number of esters is 1. The summed E-state index contributed by atoms with van der Waals surface area (Å²) < 4.78 is 34.4. The summed E-state index contributed by atoms with van der Waals surface area (Å²) in [5.41, 5.74) is 1.87. The normalized spacial score (nSPS) is 11.4. The molecule has 28 heavy (non-hydrogen) atoms. The Morgan fingerprint density at radius 1 is 1.29 bits per heavy atom. The zero-order chi connectivity index (χ0) is 20.1. The highest BCUT2D eigenvalue weighted by Gasteiger charge is 2.22. The van der Waals surface area contributed by atoms with E-state index in [2.05, 4.69) is 14.8 Å². The summed E-state index contributed by atoms with van der Waals surface area (Å²) in [4.78, 5) is 15.8. The molecule has 10 heteroatoms. The number of benzene rings is 1. The van der Waals surface area contributed by atoms with Crippen LogP contribution in [-0.4, -0.2) is 35.8 Å². The standard InChI is InChI=1S/C18H20N4O4S2/c1-3-26-17(23)9-15-12-27-18(19-15)21-28(24,25)16-11-22(20-13(16)2)10-14-7-5-4-6-8-14/h4-8,11-12H,3,9-10H2,1-2H3,(H,19,21). The predicted octanol–water partition coefficient (Wildman–Crippen LogP) is 2.60. The Morgan fingerprint density at radius 2 is 2.04 bits per heavy atom. The second kappa shape index (κ2) is 8.53. The van der Waals surface area contributed by atoms with Crippen LogP contribution in [0.15, 0.2) is 46.8 Å². The summed E-state index contributed by atoms with van der Waals surface area (Å²) in [5.74, 6) is -0.403. The molecule has 8 nitrogen and oxygen atoms in total. The van der Waals surface area contributed by atoms with E-state index in [9.17, 15) is 13.2 Å². The van der Waals surface area contributed by atoms with Gasteiger partial charge >= 0.3 is 5.97 Å². The SMILES string of the molecule is CCOC(=O)Cc1csc(NS(=O)(=O)c2cn(Cc3ccccc3)nc2C)n1. The van der Waals surface area contributed by atoms with Crippen molar-refractivity contribution in [2.75, 3.05) is 11.3 Å². The van der Waals surface area contributed by atoms with Gasteiger partial charge < -0.3 is 4.74 Å². The number of ether oxygens (including phenoxy) is 1. The molecular formula is C18H20N4O4S2. The lowest BCUT2D eigenvalue weighted by atomic mass is 10.2. The number of nitrogens with one attached hydrogen (secondary N) is 1. The third-order valence-electron chi connectivity index (χ3n) is 3.78. The molecule has 0 amide bonds.